The van der Waals surface area contributed by atoms with Crippen LogP contribution in [-0.4, -0.2) is 23.3 Å². The number of anilines is 1. The second kappa shape index (κ2) is 7.47. The van der Waals surface area contributed by atoms with Gasteiger partial charge in [0.05, 0.1) is 6.04 Å². The summed E-state index contributed by atoms with van der Waals surface area (Å²) in [6.45, 7) is 4.15. The number of fused-ring (bicyclic) bond motifs is 1. The van der Waals surface area contributed by atoms with Crippen LogP contribution in [0.4, 0.5) is 5.69 Å². The van der Waals surface area contributed by atoms with Gasteiger partial charge in [0.15, 0.2) is 0 Å². The largest absolute Gasteiger partial charge is 0.332 e. The van der Waals surface area contributed by atoms with Crippen LogP contribution in [0.5, 0.6) is 0 Å². The molecule has 3 aromatic carbocycles. The zero-order valence-corrected chi connectivity index (χ0v) is 16.2. The molecule has 4 nitrogen and oxygen atoms in total. The van der Waals surface area contributed by atoms with Gasteiger partial charge < -0.3 is 10.2 Å². The van der Waals surface area contributed by atoms with E-state index in [1.54, 1.807) is 6.07 Å². The summed E-state index contributed by atoms with van der Waals surface area (Å²) >= 11 is 0. The van der Waals surface area contributed by atoms with E-state index in [-0.39, 0.29) is 17.9 Å². The maximum Gasteiger partial charge on any atom is 0.254 e. The van der Waals surface area contributed by atoms with E-state index in [0.717, 1.165) is 24.9 Å². The van der Waals surface area contributed by atoms with Crippen molar-refractivity contribution < 1.29 is 9.59 Å². The van der Waals surface area contributed by atoms with Crippen LogP contribution in [-0.2, 0) is 4.79 Å². The molecule has 1 atom stereocenters. The van der Waals surface area contributed by atoms with Crippen molar-refractivity contribution in [2.45, 2.75) is 32.7 Å². The van der Waals surface area contributed by atoms with Crippen LogP contribution < -0.4 is 5.32 Å². The van der Waals surface area contributed by atoms with E-state index in [9.17, 15) is 9.59 Å². The van der Waals surface area contributed by atoms with Crippen LogP contribution in [0, 0.1) is 6.92 Å². The molecule has 1 fully saturated rings. The van der Waals surface area contributed by atoms with Gasteiger partial charge >= 0.3 is 0 Å². The number of likely N-dealkylation sites (tertiary alicyclic amines) is 1. The molecule has 1 aliphatic heterocycles. The average Bonchev–Trinajstić information content (AvgIpc) is 3.18. The molecule has 142 valence electrons. The molecule has 0 radical (unpaired) electrons. The molecule has 4 rings (SSSR count). The van der Waals surface area contributed by atoms with Crippen LogP contribution >= 0.6 is 0 Å². The summed E-state index contributed by atoms with van der Waals surface area (Å²) in [5.41, 5.74) is 3.46. The highest BCUT2D eigenvalue weighted by molar-refractivity contribution is 5.98. The van der Waals surface area contributed by atoms with Gasteiger partial charge in [-0.1, -0.05) is 48.5 Å². The third kappa shape index (κ3) is 3.38. The molecule has 0 bridgehead atoms. The number of nitrogens with zero attached hydrogens (tertiary/aromatic N) is 1. The van der Waals surface area contributed by atoms with Gasteiger partial charge in [0, 0.05) is 24.7 Å². The summed E-state index contributed by atoms with van der Waals surface area (Å²) in [7, 11) is 0. The fourth-order valence-electron chi connectivity index (χ4n) is 4.12. The first-order valence-corrected chi connectivity index (χ1v) is 9.71. The Bertz CT molecular complexity index is 1050. The minimum Gasteiger partial charge on any atom is -0.332 e. The fourth-order valence-corrected chi connectivity index (χ4v) is 4.12. The lowest BCUT2D eigenvalue weighted by Gasteiger charge is -2.26. The molecule has 0 saturated carbocycles. The summed E-state index contributed by atoms with van der Waals surface area (Å²) < 4.78 is 0. The predicted octanol–water partition coefficient (Wildman–Crippen LogP) is 5.08. The fraction of sp³-hybridized carbons (Fsp3) is 0.250. The third-order valence-corrected chi connectivity index (χ3v) is 5.49. The molecule has 4 heteroatoms. The monoisotopic (exact) mass is 372 g/mol. The smallest absolute Gasteiger partial charge is 0.254 e. The zero-order chi connectivity index (χ0) is 19.7. The van der Waals surface area contributed by atoms with Gasteiger partial charge in [-0.25, -0.2) is 0 Å². The Labute approximate surface area is 165 Å². The molecule has 1 aliphatic rings. The number of hydrogen-bond donors (Lipinski definition) is 1. The van der Waals surface area contributed by atoms with E-state index in [2.05, 4.69) is 35.6 Å². The van der Waals surface area contributed by atoms with Crippen molar-refractivity contribution in [3.63, 3.8) is 0 Å². The molecule has 28 heavy (non-hydrogen) atoms. The van der Waals surface area contributed by atoms with Crippen molar-refractivity contribution in [1.82, 2.24) is 4.90 Å². The quantitative estimate of drug-likeness (QED) is 0.697. The lowest BCUT2D eigenvalue weighted by Crippen LogP contribution is -2.30. The summed E-state index contributed by atoms with van der Waals surface area (Å²) in [6.07, 6.45) is 1.95. The summed E-state index contributed by atoms with van der Waals surface area (Å²) in [4.78, 5) is 26.8. The summed E-state index contributed by atoms with van der Waals surface area (Å²) in [6, 6.07) is 20.2. The Morgan fingerprint density at radius 1 is 1.04 bits per heavy atom. The third-order valence-electron chi connectivity index (χ3n) is 5.49. The Morgan fingerprint density at radius 3 is 2.64 bits per heavy atom. The van der Waals surface area contributed by atoms with Crippen molar-refractivity contribution in [1.29, 1.82) is 0 Å². The molecule has 1 N–H and O–H groups in total. The Hall–Kier alpha value is -3.14. The number of nitrogens with one attached hydrogen (secondary N) is 1. The zero-order valence-electron chi connectivity index (χ0n) is 16.2. The summed E-state index contributed by atoms with van der Waals surface area (Å²) in [5.74, 6) is -0.121. The van der Waals surface area contributed by atoms with Gasteiger partial charge in [0.25, 0.3) is 5.91 Å². The van der Waals surface area contributed by atoms with Crippen LogP contribution in [0.3, 0.4) is 0 Å². The van der Waals surface area contributed by atoms with Crippen molar-refractivity contribution in [2.75, 3.05) is 11.9 Å². The predicted molar refractivity (Wildman–Crippen MR) is 112 cm³/mol. The lowest BCUT2D eigenvalue weighted by molar-refractivity contribution is -0.114. The SMILES string of the molecule is CC(=O)Nc1cc(C(=O)N2CCCC2c2cccc3ccccc23)ccc1C. The maximum absolute atomic E-state index is 13.3. The van der Waals surface area contributed by atoms with Gasteiger partial charge in [-0.3, -0.25) is 9.59 Å². The number of carbonyl (C=O) groups is 2. The molecule has 2 amide bonds. The number of hydrogen-bond acceptors (Lipinski definition) is 2. The number of benzene rings is 3. The van der Waals surface area contributed by atoms with E-state index in [0.29, 0.717) is 11.3 Å². The topological polar surface area (TPSA) is 49.4 Å². The lowest BCUT2D eigenvalue weighted by atomic mass is 9.97. The summed E-state index contributed by atoms with van der Waals surface area (Å²) in [5, 5.41) is 5.22. The number of carbonyl (C=O) groups excluding carboxylic acids is 2. The molecule has 0 aliphatic carbocycles. The molecule has 3 aromatic rings. The second-order valence-corrected chi connectivity index (χ2v) is 7.44. The number of rotatable bonds is 3. The molecule has 0 spiro atoms. The van der Waals surface area contributed by atoms with Crippen molar-refractivity contribution >= 4 is 28.3 Å². The van der Waals surface area contributed by atoms with Crippen LogP contribution in [0.2, 0.25) is 0 Å². The standard InChI is InChI=1S/C24H24N2O2/c1-16-12-13-19(15-22(16)25-17(2)27)24(28)26-14-6-11-23(26)21-10-5-8-18-7-3-4-9-20(18)21/h3-5,7-10,12-13,15,23H,6,11,14H2,1-2H3,(H,25,27). The number of amides is 2. The van der Waals surface area contributed by atoms with Crippen LogP contribution in [0.1, 0.15) is 47.3 Å². The molecule has 1 heterocycles. The van der Waals surface area contributed by atoms with E-state index < -0.39 is 0 Å². The van der Waals surface area contributed by atoms with Gasteiger partial charge in [-0.2, -0.15) is 0 Å². The number of aryl methyl sites for hydroxylation is 1. The minimum absolute atomic E-state index is 0.0158. The Kier molecular flexibility index (Phi) is 4.86. The molecule has 1 unspecified atom stereocenters. The average molecular weight is 372 g/mol. The highest BCUT2D eigenvalue weighted by Gasteiger charge is 2.31. The van der Waals surface area contributed by atoms with E-state index in [4.69, 9.17) is 0 Å². The first-order valence-electron chi connectivity index (χ1n) is 9.71. The van der Waals surface area contributed by atoms with Gasteiger partial charge in [-0.15, -0.1) is 0 Å². The minimum atomic E-state index is -0.137. The van der Waals surface area contributed by atoms with E-state index in [1.165, 1.54) is 23.3 Å². The molecule has 1 saturated heterocycles. The van der Waals surface area contributed by atoms with Gasteiger partial charge in [0.1, 0.15) is 0 Å². The van der Waals surface area contributed by atoms with Crippen molar-refractivity contribution in [2.24, 2.45) is 0 Å². The highest BCUT2D eigenvalue weighted by atomic mass is 16.2. The molecular weight excluding hydrogens is 348 g/mol. The van der Waals surface area contributed by atoms with Crippen molar-refractivity contribution in [3.05, 3.63) is 77.4 Å². The van der Waals surface area contributed by atoms with E-state index in [1.807, 2.05) is 36.1 Å². The molecule has 0 aromatic heterocycles. The highest BCUT2D eigenvalue weighted by Crippen LogP contribution is 2.37. The van der Waals surface area contributed by atoms with Crippen LogP contribution in [0.15, 0.2) is 60.7 Å². The Balaban J connectivity index is 1.69. The first kappa shape index (κ1) is 18.2. The van der Waals surface area contributed by atoms with Crippen molar-refractivity contribution in [3.8, 4) is 0 Å². The van der Waals surface area contributed by atoms with Gasteiger partial charge in [0.2, 0.25) is 5.91 Å². The second-order valence-electron chi connectivity index (χ2n) is 7.44. The first-order chi connectivity index (χ1) is 13.5. The maximum atomic E-state index is 13.3. The van der Waals surface area contributed by atoms with Gasteiger partial charge in [-0.05, 0) is 53.8 Å². The Morgan fingerprint density at radius 2 is 1.82 bits per heavy atom. The van der Waals surface area contributed by atoms with Crippen LogP contribution in [0.25, 0.3) is 10.8 Å². The molecular formula is C24H24N2O2. The van der Waals surface area contributed by atoms with E-state index >= 15 is 0 Å². The normalized spacial score (nSPS) is 16.4.